The van der Waals surface area contributed by atoms with E-state index in [1.807, 2.05) is 20.8 Å². The van der Waals surface area contributed by atoms with E-state index in [1.165, 1.54) is 83.5 Å². The van der Waals surface area contributed by atoms with Gasteiger partial charge in [0.05, 0.1) is 6.61 Å². The first-order valence-electron chi connectivity index (χ1n) is 14.6. The minimum absolute atomic E-state index is 0.340. The van der Waals surface area contributed by atoms with E-state index in [9.17, 15) is 9.59 Å². The van der Waals surface area contributed by atoms with Gasteiger partial charge in [0.1, 0.15) is 5.75 Å². The minimum Gasteiger partial charge on any atom is -0.465 e. The van der Waals surface area contributed by atoms with Crippen LogP contribution in [0.1, 0.15) is 135 Å². The lowest BCUT2D eigenvalue weighted by Crippen LogP contribution is -2.42. The second-order valence-electron chi connectivity index (χ2n) is 10.2. The van der Waals surface area contributed by atoms with Gasteiger partial charge in [-0.2, -0.15) is 0 Å². The lowest BCUT2D eigenvalue weighted by atomic mass is 9.82. The van der Waals surface area contributed by atoms with E-state index in [0.717, 1.165) is 18.4 Å². The summed E-state index contributed by atoms with van der Waals surface area (Å²) >= 11 is 5.99. The molecule has 0 amide bonds. The van der Waals surface area contributed by atoms with Crippen molar-refractivity contribution in [2.24, 2.45) is 5.41 Å². The Labute approximate surface area is 225 Å². The zero-order valence-corrected chi connectivity index (χ0v) is 24.2. The molecule has 0 unspecified atom stereocenters. The third-order valence-electron chi connectivity index (χ3n) is 7.31. The third-order valence-corrected chi connectivity index (χ3v) is 7.54. The number of ether oxygens (including phenoxy) is 2. The standard InChI is InChI=1S/C31H51ClO4/c1-5-8-9-10-11-12-13-14-15-16-17-18-19-20-21-24-35-29(33)31(6-2,7-3)30(34)36-28-23-22-27(32)25-26(28)4/h22-23,25H,5-21,24H2,1-4H3. The molecule has 0 atom stereocenters. The zero-order chi connectivity index (χ0) is 26.7. The number of hydrogen-bond donors (Lipinski definition) is 0. The second-order valence-corrected chi connectivity index (χ2v) is 10.6. The summed E-state index contributed by atoms with van der Waals surface area (Å²) in [6, 6.07) is 5.07. The molecule has 0 aliphatic heterocycles. The van der Waals surface area contributed by atoms with E-state index < -0.39 is 17.4 Å². The Morgan fingerprint density at radius 2 is 1.19 bits per heavy atom. The zero-order valence-electron chi connectivity index (χ0n) is 23.5. The number of carbonyl (C=O) groups is 2. The Morgan fingerprint density at radius 1 is 0.722 bits per heavy atom. The molecule has 0 aliphatic carbocycles. The van der Waals surface area contributed by atoms with Crippen molar-refractivity contribution in [3.05, 3.63) is 28.8 Å². The SMILES string of the molecule is CCCCCCCCCCCCCCCCCOC(=O)C(CC)(CC)C(=O)Oc1ccc(Cl)cc1C. The Hall–Kier alpha value is -1.55. The summed E-state index contributed by atoms with van der Waals surface area (Å²) < 4.78 is 11.2. The van der Waals surface area contributed by atoms with Crippen LogP contribution in [-0.2, 0) is 14.3 Å². The summed E-state index contributed by atoms with van der Waals surface area (Å²) in [6.07, 6.45) is 20.1. The van der Waals surface area contributed by atoms with Gasteiger partial charge in [0.25, 0.3) is 0 Å². The van der Waals surface area contributed by atoms with Crippen LogP contribution in [0.5, 0.6) is 5.75 Å². The fourth-order valence-corrected chi connectivity index (χ4v) is 4.84. The summed E-state index contributed by atoms with van der Waals surface area (Å²) in [5, 5.41) is 0.576. The van der Waals surface area contributed by atoms with Gasteiger partial charge in [-0.15, -0.1) is 0 Å². The molecule has 1 rings (SSSR count). The van der Waals surface area contributed by atoms with Crippen LogP contribution in [0.2, 0.25) is 5.02 Å². The maximum absolute atomic E-state index is 13.0. The fraction of sp³-hybridized carbons (Fsp3) is 0.742. The number of hydrogen-bond acceptors (Lipinski definition) is 4. The van der Waals surface area contributed by atoms with Crippen molar-refractivity contribution in [3.63, 3.8) is 0 Å². The molecule has 0 bridgehead atoms. The molecule has 4 nitrogen and oxygen atoms in total. The van der Waals surface area contributed by atoms with Crippen LogP contribution in [0.3, 0.4) is 0 Å². The lowest BCUT2D eigenvalue weighted by molar-refractivity contribution is -0.168. The van der Waals surface area contributed by atoms with E-state index in [-0.39, 0.29) is 0 Å². The van der Waals surface area contributed by atoms with Gasteiger partial charge >= 0.3 is 11.9 Å². The first kappa shape index (κ1) is 32.5. The number of benzene rings is 1. The second kappa shape index (κ2) is 19.5. The topological polar surface area (TPSA) is 52.6 Å². The molecule has 0 saturated carbocycles. The minimum atomic E-state index is -1.28. The molecule has 0 heterocycles. The first-order chi connectivity index (χ1) is 17.4. The average Bonchev–Trinajstić information content (AvgIpc) is 2.86. The summed E-state index contributed by atoms with van der Waals surface area (Å²) in [4.78, 5) is 25.9. The van der Waals surface area contributed by atoms with E-state index in [2.05, 4.69) is 6.92 Å². The maximum atomic E-state index is 13.0. The normalized spacial score (nSPS) is 11.5. The number of unbranched alkanes of at least 4 members (excludes halogenated alkanes) is 14. The predicted molar refractivity (Wildman–Crippen MR) is 151 cm³/mol. The Bertz CT molecular complexity index is 742. The van der Waals surface area contributed by atoms with Gasteiger partial charge in [-0.25, -0.2) is 0 Å². The molecule has 0 aliphatic rings. The summed E-state index contributed by atoms with van der Waals surface area (Å²) in [5.41, 5.74) is -0.523. The van der Waals surface area contributed by atoms with E-state index >= 15 is 0 Å². The Morgan fingerprint density at radius 3 is 1.64 bits per heavy atom. The first-order valence-corrected chi connectivity index (χ1v) is 14.9. The van der Waals surface area contributed by atoms with Crippen molar-refractivity contribution < 1.29 is 19.1 Å². The number of rotatable bonds is 21. The molecule has 0 spiro atoms. The monoisotopic (exact) mass is 522 g/mol. The van der Waals surface area contributed by atoms with E-state index in [0.29, 0.717) is 30.2 Å². The summed E-state index contributed by atoms with van der Waals surface area (Å²) in [5.74, 6) is -0.611. The van der Waals surface area contributed by atoms with Crippen molar-refractivity contribution in [2.45, 2.75) is 137 Å². The van der Waals surface area contributed by atoms with Gasteiger partial charge < -0.3 is 9.47 Å². The molecule has 5 heteroatoms. The fourth-order valence-electron chi connectivity index (χ4n) is 4.61. The van der Waals surface area contributed by atoms with Gasteiger partial charge in [0.2, 0.25) is 0 Å². The van der Waals surface area contributed by atoms with Crippen LogP contribution in [0.25, 0.3) is 0 Å². The molecule has 0 saturated heterocycles. The van der Waals surface area contributed by atoms with Crippen LogP contribution < -0.4 is 4.74 Å². The largest absolute Gasteiger partial charge is 0.465 e. The molecular formula is C31H51ClO4. The molecular weight excluding hydrogens is 472 g/mol. The summed E-state index contributed by atoms with van der Waals surface area (Å²) in [6.45, 7) is 8.10. The van der Waals surface area contributed by atoms with Crippen LogP contribution in [0.4, 0.5) is 0 Å². The van der Waals surface area contributed by atoms with Crippen molar-refractivity contribution in [1.29, 1.82) is 0 Å². The van der Waals surface area contributed by atoms with Gasteiger partial charge in [-0.1, -0.05) is 122 Å². The highest BCUT2D eigenvalue weighted by molar-refractivity contribution is 6.30. The number of aryl methyl sites for hydroxylation is 1. The number of esters is 2. The summed E-state index contributed by atoms with van der Waals surface area (Å²) in [7, 11) is 0. The van der Waals surface area contributed by atoms with Gasteiger partial charge in [0, 0.05) is 5.02 Å². The Balaban J connectivity index is 2.19. The van der Waals surface area contributed by atoms with Crippen molar-refractivity contribution in [3.8, 4) is 5.75 Å². The number of halogens is 1. The van der Waals surface area contributed by atoms with Crippen molar-refractivity contribution in [2.75, 3.05) is 6.61 Å². The number of carbonyl (C=O) groups excluding carboxylic acids is 2. The van der Waals surface area contributed by atoms with Crippen LogP contribution in [0.15, 0.2) is 18.2 Å². The molecule has 0 aromatic heterocycles. The average molecular weight is 523 g/mol. The van der Waals surface area contributed by atoms with Gasteiger partial charge in [-0.05, 0) is 49.9 Å². The van der Waals surface area contributed by atoms with Crippen LogP contribution >= 0.6 is 11.6 Å². The highest BCUT2D eigenvalue weighted by atomic mass is 35.5. The van der Waals surface area contributed by atoms with Crippen LogP contribution in [-0.4, -0.2) is 18.5 Å². The smallest absolute Gasteiger partial charge is 0.328 e. The molecule has 0 radical (unpaired) electrons. The highest BCUT2D eigenvalue weighted by Gasteiger charge is 2.46. The highest BCUT2D eigenvalue weighted by Crippen LogP contribution is 2.32. The lowest BCUT2D eigenvalue weighted by Gasteiger charge is -2.27. The van der Waals surface area contributed by atoms with Crippen molar-refractivity contribution in [1.82, 2.24) is 0 Å². The molecule has 0 N–H and O–H groups in total. The molecule has 0 fully saturated rings. The molecule has 36 heavy (non-hydrogen) atoms. The predicted octanol–water partition coefficient (Wildman–Crippen LogP) is 9.77. The van der Waals surface area contributed by atoms with Crippen molar-refractivity contribution >= 4 is 23.5 Å². The third kappa shape index (κ3) is 12.1. The maximum Gasteiger partial charge on any atom is 0.328 e. The van der Waals surface area contributed by atoms with Gasteiger partial charge in [0.15, 0.2) is 5.41 Å². The van der Waals surface area contributed by atoms with E-state index in [4.69, 9.17) is 21.1 Å². The van der Waals surface area contributed by atoms with E-state index in [1.54, 1.807) is 18.2 Å². The van der Waals surface area contributed by atoms with Gasteiger partial charge in [-0.3, -0.25) is 9.59 Å². The van der Waals surface area contributed by atoms with Crippen LogP contribution in [0, 0.1) is 12.3 Å². The molecule has 1 aromatic rings. The molecule has 206 valence electrons. The quantitative estimate of drug-likeness (QED) is 0.0697. The Kier molecular flexibility index (Phi) is 17.6. The molecule has 1 aromatic carbocycles.